The quantitative estimate of drug-likeness (QED) is 0.606. The Hall–Kier alpha value is -3.25. The molecule has 25 heavy (non-hydrogen) atoms. The van der Waals surface area contributed by atoms with Crippen LogP contribution < -0.4 is 5.32 Å². The first-order chi connectivity index (χ1) is 11.9. The van der Waals surface area contributed by atoms with Crippen LogP contribution in [0.1, 0.15) is 20.9 Å². The number of carboxylic acid groups (broad SMARTS) is 1. The molecule has 0 saturated carbocycles. The Labute approximate surface area is 147 Å². The molecule has 0 atom stereocenters. The summed E-state index contributed by atoms with van der Waals surface area (Å²) in [6, 6.07) is 13.9. The van der Waals surface area contributed by atoms with E-state index in [1.165, 1.54) is 18.2 Å². The molecule has 1 heterocycles. The highest BCUT2D eigenvalue weighted by atomic mass is 35.5. The van der Waals surface area contributed by atoms with Gasteiger partial charge in [0.15, 0.2) is 5.76 Å². The first-order valence-corrected chi connectivity index (χ1v) is 7.55. The van der Waals surface area contributed by atoms with Gasteiger partial charge in [0.05, 0.1) is 0 Å². The molecule has 2 aromatic carbocycles. The largest absolute Gasteiger partial charge is 0.507 e. The summed E-state index contributed by atoms with van der Waals surface area (Å²) in [4.78, 5) is 23.3. The zero-order valence-corrected chi connectivity index (χ0v) is 13.4. The number of aromatic hydroxyl groups is 1. The molecule has 0 aliphatic carbocycles. The molecule has 0 radical (unpaired) electrons. The van der Waals surface area contributed by atoms with E-state index in [4.69, 9.17) is 21.1 Å². The van der Waals surface area contributed by atoms with Crippen molar-refractivity contribution in [2.45, 2.75) is 0 Å². The molecule has 0 saturated heterocycles. The fraction of sp³-hybridized carbons (Fsp3) is 0. The van der Waals surface area contributed by atoms with Crippen molar-refractivity contribution in [3.05, 3.63) is 70.9 Å². The van der Waals surface area contributed by atoms with E-state index in [2.05, 4.69) is 5.32 Å². The van der Waals surface area contributed by atoms with Gasteiger partial charge in [0.1, 0.15) is 17.1 Å². The second-order valence-corrected chi connectivity index (χ2v) is 5.60. The lowest BCUT2D eigenvalue weighted by molar-refractivity contribution is 0.0693. The summed E-state index contributed by atoms with van der Waals surface area (Å²) in [6.07, 6.45) is 0. The molecule has 1 aromatic heterocycles. The van der Waals surface area contributed by atoms with Gasteiger partial charge in [-0.2, -0.15) is 0 Å². The summed E-state index contributed by atoms with van der Waals surface area (Å²) in [6.45, 7) is 0. The van der Waals surface area contributed by atoms with Crippen LogP contribution in [-0.2, 0) is 0 Å². The lowest BCUT2D eigenvalue weighted by atomic mass is 10.1. The Bertz CT molecular complexity index is 964. The minimum absolute atomic E-state index is 0.0555. The molecule has 7 heteroatoms. The van der Waals surface area contributed by atoms with Crippen molar-refractivity contribution in [2.75, 3.05) is 5.32 Å². The van der Waals surface area contributed by atoms with Gasteiger partial charge >= 0.3 is 5.97 Å². The molecule has 3 N–H and O–H groups in total. The van der Waals surface area contributed by atoms with Crippen LogP contribution >= 0.6 is 11.6 Å². The topological polar surface area (TPSA) is 99.8 Å². The first-order valence-electron chi connectivity index (χ1n) is 7.17. The maximum Gasteiger partial charge on any atom is 0.339 e. The fourth-order valence-electron chi connectivity index (χ4n) is 2.23. The number of nitrogens with one attached hydrogen (secondary N) is 1. The fourth-order valence-corrected chi connectivity index (χ4v) is 2.42. The lowest BCUT2D eigenvalue weighted by Gasteiger charge is -2.06. The Morgan fingerprint density at radius 2 is 1.84 bits per heavy atom. The van der Waals surface area contributed by atoms with Gasteiger partial charge in [-0.25, -0.2) is 4.79 Å². The van der Waals surface area contributed by atoms with Crippen molar-refractivity contribution < 1.29 is 24.2 Å². The van der Waals surface area contributed by atoms with Crippen LogP contribution in [0.3, 0.4) is 0 Å². The number of carbonyl (C=O) groups is 2. The second-order valence-electron chi connectivity index (χ2n) is 5.17. The number of carboxylic acids is 1. The minimum atomic E-state index is -1.30. The number of benzene rings is 2. The third-order valence-electron chi connectivity index (χ3n) is 3.42. The third-order valence-corrected chi connectivity index (χ3v) is 3.66. The van der Waals surface area contributed by atoms with E-state index in [1.807, 2.05) is 0 Å². The van der Waals surface area contributed by atoms with Crippen LogP contribution in [0.15, 0.2) is 59.0 Å². The molecule has 0 aliphatic rings. The molecule has 0 spiro atoms. The number of hydrogen-bond donors (Lipinski definition) is 3. The number of anilines is 1. The summed E-state index contributed by atoms with van der Waals surface area (Å²) in [7, 11) is 0. The molecule has 3 aromatic rings. The van der Waals surface area contributed by atoms with Crippen LogP contribution in [0.25, 0.3) is 11.3 Å². The minimum Gasteiger partial charge on any atom is -0.507 e. The van der Waals surface area contributed by atoms with Gasteiger partial charge in [-0.05, 0) is 42.5 Å². The van der Waals surface area contributed by atoms with Crippen molar-refractivity contribution in [3.8, 4) is 17.1 Å². The highest BCUT2D eigenvalue weighted by Crippen LogP contribution is 2.26. The predicted molar refractivity (Wildman–Crippen MR) is 92.2 cm³/mol. The van der Waals surface area contributed by atoms with Crippen molar-refractivity contribution >= 4 is 29.2 Å². The van der Waals surface area contributed by atoms with E-state index in [-0.39, 0.29) is 22.8 Å². The van der Waals surface area contributed by atoms with Crippen LogP contribution in [0.4, 0.5) is 5.69 Å². The maximum atomic E-state index is 12.3. The third kappa shape index (κ3) is 3.64. The SMILES string of the molecule is O=C(Nc1ccc(O)c(C(=O)O)c1)c1ccc(-c2cccc(Cl)c2)o1. The van der Waals surface area contributed by atoms with Crippen LogP contribution in [0, 0.1) is 0 Å². The smallest absolute Gasteiger partial charge is 0.339 e. The number of phenols is 1. The molecule has 0 fully saturated rings. The van der Waals surface area contributed by atoms with Gasteiger partial charge in [-0.15, -0.1) is 0 Å². The summed E-state index contributed by atoms with van der Waals surface area (Å²) < 4.78 is 5.52. The molecule has 6 nitrogen and oxygen atoms in total. The Balaban J connectivity index is 1.81. The van der Waals surface area contributed by atoms with Crippen molar-refractivity contribution in [2.24, 2.45) is 0 Å². The van der Waals surface area contributed by atoms with Crippen LogP contribution in [0.2, 0.25) is 5.02 Å². The van der Waals surface area contributed by atoms with Crippen LogP contribution in [-0.4, -0.2) is 22.1 Å². The molecular formula is C18H12ClNO5. The van der Waals surface area contributed by atoms with Crippen LogP contribution in [0.5, 0.6) is 5.75 Å². The van der Waals surface area contributed by atoms with E-state index >= 15 is 0 Å². The van der Waals surface area contributed by atoms with Crippen molar-refractivity contribution in [1.82, 2.24) is 0 Å². The molecule has 3 rings (SSSR count). The number of aromatic carboxylic acids is 1. The predicted octanol–water partition coefficient (Wildman–Crippen LogP) is 4.26. The number of rotatable bonds is 4. The van der Waals surface area contributed by atoms with Gasteiger partial charge < -0.3 is 19.9 Å². The Kier molecular flexibility index (Phi) is 4.45. The number of furan rings is 1. The average Bonchev–Trinajstić information content (AvgIpc) is 3.06. The standard InChI is InChI=1S/C18H12ClNO5/c19-11-3-1-2-10(8-11)15-6-7-16(25-15)17(22)20-12-4-5-14(21)13(9-12)18(23)24/h1-9,21H,(H,20,22)(H,23,24). The molecule has 0 unspecified atom stereocenters. The summed E-state index contributed by atoms with van der Waals surface area (Å²) in [5.41, 5.74) is 0.641. The van der Waals surface area contributed by atoms with Gasteiger partial charge in [0.25, 0.3) is 5.91 Å². The summed E-state index contributed by atoms with van der Waals surface area (Å²) in [5, 5.41) is 21.5. The Morgan fingerprint density at radius 3 is 2.56 bits per heavy atom. The molecular weight excluding hydrogens is 346 g/mol. The van der Waals surface area contributed by atoms with Gasteiger partial charge in [0.2, 0.25) is 0 Å². The van der Waals surface area contributed by atoms with E-state index < -0.39 is 11.9 Å². The molecule has 126 valence electrons. The van der Waals surface area contributed by atoms with Gasteiger partial charge in [-0.1, -0.05) is 23.7 Å². The lowest BCUT2D eigenvalue weighted by Crippen LogP contribution is -2.11. The van der Waals surface area contributed by atoms with E-state index in [0.29, 0.717) is 10.8 Å². The van der Waals surface area contributed by atoms with Crippen molar-refractivity contribution in [3.63, 3.8) is 0 Å². The molecule has 0 aliphatic heterocycles. The molecule has 1 amide bonds. The highest BCUT2D eigenvalue weighted by molar-refractivity contribution is 6.30. The second kappa shape index (κ2) is 6.70. The maximum absolute atomic E-state index is 12.3. The summed E-state index contributed by atoms with van der Waals surface area (Å²) in [5.74, 6) is -1.69. The first kappa shape index (κ1) is 16.6. The van der Waals surface area contributed by atoms with Gasteiger partial charge in [0, 0.05) is 16.3 Å². The number of carbonyl (C=O) groups excluding carboxylic acids is 1. The molecule has 0 bridgehead atoms. The van der Waals surface area contributed by atoms with E-state index in [9.17, 15) is 14.7 Å². The highest BCUT2D eigenvalue weighted by Gasteiger charge is 2.15. The number of hydrogen-bond acceptors (Lipinski definition) is 4. The summed E-state index contributed by atoms with van der Waals surface area (Å²) >= 11 is 5.94. The zero-order chi connectivity index (χ0) is 18.0. The Morgan fingerprint density at radius 1 is 1.04 bits per heavy atom. The normalized spacial score (nSPS) is 10.4. The van der Waals surface area contributed by atoms with Gasteiger partial charge in [-0.3, -0.25) is 4.79 Å². The van der Waals surface area contributed by atoms with Crippen molar-refractivity contribution in [1.29, 1.82) is 0 Å². The number of halogens is 1. The number of amides is 1. The monoisotopic (exact) mass is 357 g/mol. The van der Waals surface area contributed by atoms with E-state index in [1.54, 1.807) is 30.3 Å². The van der Waals surface area contributed by atoms with E-state index in [0.717, 1.165) is 11.6 Å². The zero-order valence-electron chi connectivity index (χ0n) is 12.7. The average molecular weight is 358 g/mol.